The quantitative estimate of drug-likeness (QED) is 0.802. The first-order chi connectivity index (χ1) is 6.29. The molecule has 0 aliphatic rings. The third-order valence-corrected chi connectivity index (χ3v) is 1.74. The molecule has 0 amide bonds. The summed E-state index contributed by atoms with van der Waals surface area (Å²) >= 11 is 5.59. The minimum absolute atomic E-state index is 0.308. The summed E-state index contributed by atoms with van der Waals surface area (Å²) in [7, 11) is 0. The Morgan fingerprint density at radius 1 is 1.38 bits per heavy atom. The van der Waals surface area contributed by atoms with Crippen LogP contribution >= 0.6 is 11.6 Å². The van der Waals surface area contributed by atoms with Crippen molar-refractivity contribution < 1.29 is 8.83 Å². The summed E-state index contributed by atoms with van der Waals surface area (Å²) < 4.78 is 10.3. The first kappa shape index (κ1) is 8.34. The van der Waals surface area contributed by atoms with E-state index >= 15 is 0 Å². The van der Waals surface area contributed by atoms with E-state index in [0.717, 1.165) is 0 Å². The zero-order valence-corrected chi connectivity index (χ0v) is 7.41. The molecule has 2 aromatic heterocycles. The molecule has 2 aromatic rings. The fourth-order valence-corrected chi connectivity index (χ4v) is 1.09. The highest BCUT2D eigenvalue weighted by Gasteiger charge is 2.09. The smallest absolute Gasteiger partial charge is 0.263 e. The lowest BCUT2D eigenvalue weighted by atomic mass is 10.4. The second-order valence-corrected chi connectivity index (χ2v) is 2.81. The van der Waals surface area contributed by atoms with Crippen molar-refractivity contribution in [3.63, 3.8) is 0 Å². The Labute approximate surface area is 79.3 Å². The second-order valence-electron chi connectivity index (χ2n) is 2.44. The minimum atomic E-state index is 0.308. The summed E-state index contributed by atoms with van der Waals surface area (Å²) in [5.41, 5.74) is 5.36. The van der Waals surface area contributed by atoms with Crippen molar-refractivity contribution >= 4 is 11.6 Å². The lowest BCUT2D eigenvalue weighted by molar-refractivity contribution is 0.488. The molecule has 0 saturated carbocycles. The van der Waals surface area contributed by atoms with Gasteiger partial charge in [-0.3, -0.25) is 0 Å². The number of halogens is 1. The molecule has 0 bridgehead atoms. The predicted molar refractivity (Wildman–Crippen MR) is 47.1 cm³/mol. The highest BCUT2D eigenvalue weighted by molar-refractivity contribution is 6.28. The fraction of sp³-hybridized carbons (Fsp3) is 0.125. The van der Waals surface area contributed by atoms with Crippen LogP contribution in [-0.2, 0) is 6.54 Å². The monoisotopic (exact) mass is 198 g/mol. The minimum Gasteiger partial charge on any atom is -0.440 e. The van der Waals surface area contributed by atoms with E-state index in [-0.39, 0.29) is 0 Å². The van der Waals surface area contributed by atoms with Gasteiger partial charge in [0.1, 0.15) is 5.76 Å². The molecule has 0 aromatic carbocycles. The summed E-state index contributed by atoms with van der Waals surface area (Å²) in [6.45, 7) is 0.321. The third kappa shape index (κ3) is 1.59. The molecule has 0 radical (unpaired) electrons. The van der Waals surface area contributed by atoms with Gasteiger partial charge < -0.3 is 14.6 Å². The van der Waals surface area contributed by atoms with Gasteiger partial charge in [-0.15, -0.1) is 0 Å². The van der Waals surface area contributed by atoms with Crippen LogP contribution in [0.2, 0.25) is 5.22 Å². The van der Waals surface area contributed by atoms with Crippen molar-refractivity contribution in [2.45, 2.75) is 6.54 Å². The second kappa shape index (κ2) is 3.24. The van der Waals surface area contributed by atoms with Crippen LogP contribution in [0.5, 0.6) is 0 Å². The number of nitrogens with zero attached hydrogens (tertiary/aromatic N) is 1. The van der Waals surface area contributed by atoms with E-state index in [4.69, 9.17) is 26.2 Å². The molecule has 2 heterocycles. The number of oxazole rings is 1. The number of rotatable bonds is 2. The lowest BCUT2D eigenvalue weighted by Crippen LogP contribution is -1.92. The fourth-order valence-electron chi connectivity index (χ4n) is 0.945. The molecule has 2 N–H and O–H groups in total. The van der Waals surface area contributed by atoms with E-state index in [1.54, 1.807) is 18.3 Å². The number of aromatic nitrogens is 1. The Balaban J connectivity index is 2.35. The van der Waals surface area contributed by atoms with E-state index in [0.29, 0.717) is 29.2 Å². The first-order valence-corrected chi connectivity index (χ1v) is 4.08. The number of hydrogen-bond acceptors (Lipinski definition) is 4. The molecule has 5 heteroatoms. The van der Waals surface area contributed by atoms with Crippen molar-refractivity contribution in [1.29, 1.82) is 0 Å². The van der Waals surface area contributed by atoms with Crippen LogP contribution in [0, 0.1) is 0 Å². The average molecular weight is 199 g/mol. The highest BCUT2D eigenvalue weighted by atomic mass is 35.5. The topological polar surface area (TPSA) is 65.2 Å². The molecule has 4 nitrogen and oxygen atoms in total. The van der Waals surface area contributed by atoms with Gasteiger partial charge in [0.2, 0.25) is 0 Å². The Bertz CT molecular complexity index is 408. The number of hydrogen-bond donors (Lipinski definition) is 1. The molecule has 0 aliphatic carbocycles. The molecule has 13 heavy (non-hydrogen) atoms. The largest absolute Gasteiger partial charge is 0.440 e. The maximum absolute atomic E-state index is 5.59. The highest BCUT2D eigenvalue weighted by Crippen LogP contribution is 2.23. The maximum Gasteiger partial charge on any atom is 0.263 e. The van der Waals surface area contributed by atoms with Gasteiger partial charge in [-0.25, -0.2) is 4.98 Å². The zero-order chi connectivity index (χ0) is 9.26. The first-order valence-electron chi connectivity index (χ1n) is 3.70. The van der Waals surface area contributed by atoms with Crippen LogP contribution in [0.1, 0.15) is 5.76 Å². The van der Waals surface area contributed by atoms with Gasteiger partial charge in [-0.05, 0) is 23.7 Å². The molecule has 0 aliphatic heterocycles. The van der Waals surface area contributed by atoms with Crippen molar-refractivity contribution in [1.82, 2.24) is 4.98 Å². The molecule has 0 unspecified atom stereocenters. The summed E-state index contributed by atoms with van der Waals surface area (Å²) in [6.07, 6.45) is 1.56. The molecule has 0 fully saturated rings. The molecular formula is C8H7ClN2O2. The van der Waals surface area contributed by atoms with Gasteiger partial charge in [0.05, 0.1) is 12.7 Å². The van der Waals surface area contributed by atoms with E-state index in [1.165, 1.54) is 0 Å². The Morgan fingerprint density at radius 2 is 2.23 bits per heavy atom. The summed E-state index contributed by atoms with van der Waals surface area (Å²) in [6, 6.07) is 3.32. The van der Waals surface area contributed by atoms with Gasteiger partial charge in [-0.1, -0.05) is 0 Å². The Kier molecular flexibility index (Phi) is 2.08. The van der Waals surface area contributed by atoms with Crippen LogP contribution in [0.25, 0.3) is 11.7 Å². The van der Waals surface area contributed by atoms with Crippen molar-refractivity contribution in [3.8, 4) is 11.7 Å². The van der Waals surface area contributed by atoms with Gasteiger partial charge in [-0.2, -0.15) is 0 Å². The van der Waals surface area contributed by atoms with Crippen LogP contribution in [0.4, 0.5) is 0 Å². The average Bonchev–Trinajstić information content (AvgIpc) is 2.71. The van der Waals surface area contributed by atoms with Crippen LogP contribution in [-0.4, -0.2) is 4.98 Å². The van der Waals surface area contributed by atoms with Crippen LogP contribution in [0.15, 0.2) is 27.2 Å². The van der Waals surface area contributed by atoms with E-state index in [9.17, 15) is 0 Å². The van der Waals surface area contributed by atoms with Crippen molar-refractivity contribution in [3.05, 3.63) is 29.3 Å². The molecule has 0 atom stereocenters. The van der Waals surface area contributed by atoms with Crippen molar-refractivity contribution in [2.24, 2.45) is 5.73 Å². The van der Waals surface area contributed by atoms with Gasteiger partial charge >= 0.3 is 0 Å². The normalized spacial score (nSPS) is 10.6. The van der Waals surface area contributed by atoms with Crippen LogP contribution < -0.4 is 5.73 Å². The van der Waals surface area contributed by atoms with Crippen LogP contribution in [0.3, 0.4) is 0 Å². The van der Waals surface area contributed by atoms with E-state index < -0.39 is 0 Å². The zero-order valence-electron chi connectivity index (χ0n) is 6.66. The third-order valence-electron chi connectivity index (χ3n) is 1.54. The molecule has 2 rings (SSSR count). The lowest BCUT2D eigenvalue weighted by Gasteiger charge is -1.87. The predicted octanol–water partition coefficient (Wildman–Crippen LogP) is 2.05. The summed E-state index contributed by atoms with van der Waals surface area (Å²) in [5.74, 6) is 1.51. The number of furan rings is 1. The van der Waals surface area contributed by atoms with E-state index in [1.807, 2.05) is 0 Å². The van der Waals surface area contributed by atoms with Crippen molar-refractivity contribution in [2.75, 3.05) is 0 Å². The SMILES string of the molecule is NCc1cnc(-c2ccc(Cl)o2)o1. The standard InChI is InChI=1S/C8H7ClN2O2/c9-7-2-1-6(13-7)8-11-4-5(3-10)12-8/h1-2,4H,3,10H2. The van der Waals surface area contributed by atoms with Gasteiger partial charge in [0.25, 0.3) is 5.89 Å². The van der Waals surface area contributed by atoms with Gasteiger partial charge in [0.15, 0.2) is 11.0 Å². The van der Waals surface area contributed by atoms with Gasteiger partial charge in [0, 0.05) is 0 Å². The summed E-state index contributed by atoms with van der Waals surface area (Å²) in [4.78, 5) is 3.97. The molecule has 68 valence electrons. The Morgan fingerprint density at radius 3 is 2.77 bits per heavy atom. The van der Waals surface area contributed by atoms with E-state index in [2.05, 4.69) is 4.98 Å². The summed E-state index contributed by atoms with van der Waals surface area (Å²) in [5, 5.41) is 0.308. The molecular weight excluding hydrogens is 192 g/mol. The number of nitrogens with two attached hydrogens (primary N) is 1. The maximum atomic E-state index is 5.59. The molecule has 0 spiro atoms. The molecule has 0 saturated heterocycles. The Hall–Kier alpha value is -1.26.